The Bertz CT molecular complexity index is 1120. The van der Waals surface area contributed by atoms with Crippen molar-refractivity contribution >= 4 is 23.2 Å². The van der Waals surface area contributed by atoms with E-state index in [1.54, 1.807) is 7.11 Å². The predicted molar refractivity (Wildman–Crippen MR) is 145 cm³/mol. The first kappa shape index (κ1) is 25.3. The Kier molecular flexibility index (Phi) is 9.53. The first-order valence-corrected chi connectivity index (χ1v) is 12.2. The average molecular weight is 473 g/mol. The van der Waals surface area contributed by atoms with Gasteiger partial charge in [0, 0.05) is 19.2 Å². The Labute approximate surface area is 207 Å². The minimum atomic E-state index is 0.352. The van der Waals surface area contributed by atoms with Gasteiger partial charge in [-0.3, -0.25) is 4.79 Å². The monoisotopic (exact) mass is 472 g/mol. The molecule has 0 saturated heterocycles. The zero-order chi connectivity index (χ0) is 24.3. The normalized spacial score (nSPS) is 20.8. The number of amidine groups is 1. The molecule has 3 aliphatic carbocycles. The molecule has 0 radical (unpaired) electrons. The lowest BCUT2D eigenvalue weighted by Gasteiger charge is -2.23. The van der Waals surface area contributed by atoms with Crippen LogP contribution in [-0.4, -0.2) is 30.5 Å². The highest BCUT2D eigenvalue weighted by atomic mass is 32.2. The van der Waals surface area contributed by atoms with Crippen LogP contribution < -0.4 is 0 Å². The highest BCUT2D eigenvalue weighted by Gasteiger charge is 2.16. The summed E-state index contributed by atoms with van der Waals surface area (Å²) in [5.41, 5.74) is 4.11. The molecule has 1 unspecified atom stereocenters. The number of carbonyl (C=O) groups is 1. The number of carbonyl (C=O) groups excluding carboxylic acids is 1. The van der Waals surface area contributed by atoms with Crippen LogP contribution in [0.5, 0.6) is 0 Å². The number of allylic oxidation sites excluding steroid dienone is 17. The standard InChI is InChI=1S/C29H32N2O2S/c1-22-8-5-11-25(17-14-22)30-29(31(3)26-12-6-9-23(2)15-18-26)34-28(21-32)20-24-10-7-13-27(33-4)19-16-24/h5-6,8-11,13-22H,7,12H2,1-4H3/b28-20-,30-29?. The van der Waals surface area contributed by atoms with Crippen LogP contribution in [0.25, 0.3) is 0 Å². The van der Waals surface area contributed by atoms with Crippen LogP contribution in [0.2, 0.25) is 0 Å². The maximum Gasteiger partial charge on any atom is 0.173 e. The SMILES string of the molecule is COC1=CCC=C(/C=C(/C=O)SC(=NC2=CC=CC(C)C=C2)N(C)C2=CC=C(C)C=CC2)C=C1. The van der Waals surface area contributed by atoms with Crippen LogP contribution in [0, 0.1) is 5.92 Å². The van der Waals surface area contributed by atoms with Crippen molar-refractivity contribution in [2.45, 2.75) is 26.7 Å². The van der Waals surface area contributed by atoms with Crippen LogP contribution in [0.4, 0.5) is 0 Å². The zero-order valence-electron chi connectivity index (χ0n) is 20.3. The highest BCUT2D eigenvalue weighted by Crippen LogP contribution is 2.27. The van der Waals surface area contributed by atoms with Gasteiger partial charge in [0.1, 0.15) is 5.76 Å². The van der Waals surface area contributed by atoms with Gasteiger partial charge in [-0.15, -0.1) is 0 Å². The molecule has 0 spiro atoms. The van der Waals surface area contributed by atoms with Gasteiger partial charge in [-0.25, -0.2) is 4.99 Å². The Morgan fingerprint density at radius 1 is 1.15 bits per heavy atom. The van der Waals surface area contributed by atoms with Crippen molar-refractivity contribution in [3.63, 3.8) is 0 Å². The summed E-state index contributed by atoms with van der Waals surface area (Å²) in [6.45, 7) is 4.22. The van der Waals surface area contributed by atoms with E-state index in [4.69, 9.17) is 9.73 Å². The van der Waals surface area contributed by atoms with E-state index in [1.165, 1.54) is 17.3 Å². The summed E-state index contributed by atoms with van der Waals surface area (Å²) in [5.74, 6) is 1.17. The summed E-state index contributed by atoms with van der Waals surface area (Å²) >= 11 is 1.37. The molecule has 0 aromatic rings. The van der Waals surface area contributed by atoms with Gasteiger partial charge in [-0.1, -0.05) is 61.1 Å². The molecule has 5 heteroatoms. The van der Waals surface area contributed by atoms with Gasteiger partial charge in [0.2, 0.25) is 0 Å². The van der Waals surface area contributed by atoms with Crippen molar-refractivity contribution in [3.8, 4) is 0 Å². The first-order valence-electron chi connectivity index (χ1n) is 11.4. The number of methoxy groups -OCH3 is 1. The highest BCUT2D eigenvalue weighted by molar-refractivity contribution is 8.17. The van der Waals surface area contributed by atoms with Gasteiger partial charge in [-0.05, 0) is 73.1 Å². The molecule has 1 atom stereocenters. The quantitative estimate of drug-likeness (QED) is 0.182. The van der Waals surface area contributed by atoms with E-state index in [9.17, 15) is 4.79 Å². The lowest BCUT2D eigenvalue weighted by molar-refractivity contribution is -0.104. The average Bonchev–Trinajstić information content (AvgIpc) is 3.29. The molecule has 0 amide bonds. The van der Waals surface area contributed by atoms with E-state index in [1.807, 2.05) is 49.6 Å². The van der Waals surface area contributed by atoms with Crippen molar-refractivity contribution < 1.29 is 9.53 Å². The minimum absolute atomic E-state index is 0.352. The third-order valence-corrected chi connectivity index (χ3v) is 6.42. The molecule has 0 bridgehead atoms. The summed E-state index contributed by atoms with van der Waals surface area (Å²) in [4.78, 5) is 19.7. The number of ether oxygens (including phenoxy) is 1. The molecular formula is C29H32N2O2S. The molecular weight excluding hydrogens is 440 g/mol. The fourth-order valence-electron chi connectivity index (χ4n) is 3.38. The molecule has 3 aliphatic rings. The van der Waals surface area contributed by atoms with Gasteiger partial charge < -0.3 is 9.64 Å². The van der Waals surface area contributed by atoms with E-state index in [-0.39, 0.29) is 0 Å². The van der Waals surface area contributed by atoms with Crippen molar-refractivity contribution in [1.29, 1.82) is 0 Å². The molecule has 0 aromatic heterocycles. The van der Waals surface area contributed by atoms with E-state index < -0.39 is 0 Å². The number of thioether (sulfide) groups is 1. The van der Waals surface area contributed by atoms with Crippen LogP contribution in [0.3, 0.4) is 0 Å². The van der Waals surface area contributed by atoms with Gasteiger partial charge in [0.05, 0.1) is 17.7 Å². The summed E-state index contributed by atoms with van der Waals surface area (Å²) in [7, 11) is 3.66. The van der Waals surface area contributed by atoms with Crippen LogP contribution in [-0.2, 0) is 9.53 Å². The topological polar surface area (TPSA) is 41.9 Å². The van der Waals surface area contributed by atoms with E-state index in [0.717, 1.165) is 47.0 Å². The van der Waals surface area contributed by atoms with Gasteiger partial charge in [0.15, 0.2) is 11.5 Å². The molecule has 4 nitrogen and oxygen atoms in total. The number of rotatable bonds is 6. The van der Waals surface area contributed by atoms with E-state index in [2.05, 4.69) is 61.3 Å². The third-order valence-electron chi connectivity index (χ3n) is 5.42. The molecule has 3 rings (SSSR count). The second-order valence-electron chi connectivity index (χ2n) is 8.17. The minimum Gasteiger partial charge on any atom is -0.497 e. The number of hydrogen-bond acceptors (Lipinski definition) is 4. The van der Waals surface area contributed by atoms with Crippen molar-refractivity contribution in [1.82, 2.24) is 4.90 Å². The molecule has 0 N–H and O–H groups in total. The smallest absolute Gasteiger partial charge is 0.173 e. The number of hydrogen-bond donors (Lipinski definition) is 0. The second-order valence-corrected chi connectivity index (χ2v) is 9.21. The van der Waals surface area contributed by atoms with Crippen molar-refractivity contribution in [2.24, 2.45) is 10.9 Å². The lowest BCUT2D eigenvalue weighted by Crippen LogP contribution is -2.24. The third kappa shape index (κ3) is 7.63. The Balaban J connectivity index is 1.94. The summed E-state index contributed by atoms with van der Waals surface area (Å²) in [5, 5.41) is 0.735. The maximum absolute atomic E-state index is 12.1. The Morgan fingerprint density at radius 3 is 2.79 bits per heavy atom. The summed E-state index contributed by atoms with van der Waals surface area (Å²) in [6, 6.07) is 0. The number of aldehydes is 1. The van der Waals surface area contributed by atoms with Crippen LogP contribution in [0.1, 0.15) is 26.7 Å². The van der Waals surface area contributed by atoms with Gasteiger partial charge in [-0.2, -0.15) is 0 Å². The lowest BCUT2D eigenvalue weighted by atomic mass is 10.2. The van der Waals surface area contributed by atoms with E-state index >= 15 is 0 Å². The molecule has 0 aliphatic heterocycles. The van der Waals surface area contributed by atoms with Crippen molar-refractivity contribution in [3.05, 3.63) is 118 Å². The fourth-order valence-corrected chi connectivity index (χ4v) is 4.24. The van der Waals surface area contributed by atoms with Crippen LogP contribution >= 0.6 is 11.8 Å². The Hall–Kier alpha value is -3.31. The Morgan fingerprint density at radius 2 is 2.00 bits per heavy atom. The maximum atomic E-state index is 12.1. The summed E-state index contributed by atoms with van der Waals surface area (Å²) < 4.78 is 5.32. The summed E-state index contributed by atoms with van der Waals surface area (Å²) in [6.07, 6.45) is 31.1. The second kappa shape index (κ2) is 12.8. The molecule has 0 saturated carbocycles. The number of aliphatic imine (C=N–C) groups is 1. The van der Waals surface area contributed by atoms with Crippen LogP contribution in [0.15, 0.2) is 123 Å². The number of nitrogens with zero attached hydrogens (tertiary/aromatic N) is 2. The molecule has 0 aromatic carbocycles. The fraction of sp³-hybridized carbons (Fsp3) is 0.241. The molecule has 0 fully saturated rings. The van der Waals surface area contributed by atoms with Gasteiger partial charge in [0.25, 0.3) is 0 Å². The zero-order valence-corrected chi connectivity index (χ0v) is 21.1. The predicted octanol–water partition coefficient (Wildman–Crippen LogP) is 6.94. The molecule has 0 heterocycles. The van der Waals surface area contributed by atoms with E-state index in [0.29, 0.717) is 10.8 Å². The van der Waals surface area contributed by atoms with Crippen molar-refractivity contribution in [2.75, 3.05) is 14.2 Å². The molecule has 176 valence electrons. The first-order chi connectivity index (χ1) is 16.5. The largest absolute Gasteiger partial charge is 0.497 e. The molecule has 34 heavy (non-hydrogen) atoms. The van der Waals surface area contributed by atoms with Gasteiger partial charge >= 0.3 is 0 Å².